The van der Waals surface area contributed by atoms with E-state index in [2.05, 4.69) is 26.7 Å². The van der Waals surface area contributed by atoms with Crippen LogP contribution in [0.3, 0.4) is 0 Å². The molecule has 5 heteroatoms. The maximum Gasteiger partial charge on any atom is 0.132 e. The van der Waals surface area contributed by atoms with Crippen molar-refractivity contribution in [3.8, 4) is 6.07 Å². The van der Waals surface area contributed by atoms with E-state index in [9.17, 15) is 0 Å². The monoisotopic (exact) mass is 245 g/mol. The van der Waals surface area contributed by atoms with Gasteiger partial charge in [0.25, 0.3) is 0 Å². The molecule has 2 rings (SSSR count). The molecule has 0 unspecified atom stereocenters. The first-order valence-electron chi connectivity index (χ1n) is 6.37. The summed E-state index contributed by atoms with van der Waals surface area (Å²) in [5, 5.41) is 15.5. The van der Waals surface area contributed by atoms with E-state index in [1.807, 2.05) is 19.9 Å². The van der Waals surface area contributed by atoms with E-state index in [4.69, 9.17) is 5.26 Å². The molecule has 1 heterocycles. The summed E-state index contributed by atoms with van der Waals surface area (Å²) in [4.78, 5) is 8.35. The van der Waals surface area contributed by atoms with Gasteiger partial charge in [0.1, 0.15) is 23.5 Å². The smallest absolute Gasteiger partial charge is 0.132 e. The van der Waals surface area contributed by atoms with Crippen molar-refractivity contribution in [1.82, 2.24) is 9.97 Å². The molecule has 0 spiro atoms. The second-order valence-electron chi connectivity index (χ2n) is 5.28. The van der Waals surface area contributed by atoms with E-state index in [-0.39, 0.29) is 0 Å². The van der Waals surface area contributed by atoms with E-state index in [1.54, 1.807) is 0 Å². The van der Waals surface area contributed by atoms with Gasteiger partial charge in [-0.15, -0.1) is 0 Å². The van der Waals surface area contributed by atoms with Crippen molar-refractivity contribution >= 4 is 11.6 Å². The van der Waals surface area contributed by atoms with Crippen molar-refractivity contribution in [3.05, 3.63) is 12.4 Å². The normalized spacial score (nSPS) is 16.3. The average molecular weight is 245 g/mol. The molecule has 5 nitrogen and oxygen atoms in total. The molecular weight excluding hydrogens is 226 g/mol. The number of aromatic nitrogens is 2. The SMILES string of the molecule is CC(C)(C#N)Nc1cc(NC2CCCC2)ncn1. The lowest BCUT2D eigenvalue weighted by molar-refractivity contribution is 0.721. The van der Waals surface area contributed by atoms with E-state index >= 15 is 0 Å². The summed E-state index contributed by atoms with van der Waals surface area (Å²) >= 11 is 0. The van der Waals surface area contributed by atoms with Crippen LogP contribution in [-0.4, -0.2) is 21.5 Å². The van der Waals surface area contributed by atoms with Crippen LogP contribution in [0.1, 0.15) is 39.5 Å². The average Bonchev–Trinajstić information content (AvgIpc) is 2.82. The minimum absolute atomic E-state index is 0.525. The van der Waals surface area contributed by atoms with Crippen LogP contribution in [-0.2, 0) is 0 Å². The Morgan fingerprint density at radius 1 is 1.28 bits per heavy atom. The van der Waals surface area contributed by atoms with Gasteiger partial charge in [0, 0.05) is 12.1 Å². The third-order valence-electron chi connectivity index (χ3n) is 3.09. The summed E-state index contributed by atoms with van der Waals surface area (Å²) in [6, 6.07) is 4.57. The zero-order chi connectivity index (χ0) is 13.0. The first-order valence-corrected chi connectivity index (χ1v) is 6.37. The van der Waals surface area contributed by atoms with Gasteiger partial charge in [-0.3, -0.25) is 0 Å². The zero-order valence-electron chi connectivity index (χ0n) is 10.9. The molecular formula is C13H19N5. The minimum Gasteiger partial charge on any atom is -0.367 e. The highest BCUT2D eigenvalue weighted by atomic mass is 15.1. The van der Waals surface area contributed by atoms with Gasteiger partial charge in [-0.25, -0.2) is 9.97 Å². The maximum absolute atomic E-state index is 8.98. The van der Waals surface area contributed by atoms with Gasteiger partial charge >= 0.3 is 0 Å². The fourth-order valence-electron chi connectivity index (χ4n) is 2.13. The summed E-state index contributed by atoms with van der Waals surface area (Å²) in [6.45, 7) is 3.64. The molecule has 0 atom stereocenters. The third-order valence-corrected chi connectivity index (χ3v) is 3.09. The highest BCUT2D eigenvalue weighted by molar-refractivity contribution is 5.49. The predicted octanol–water partition coefficient (Wildman–Crippen LogP) is 2.55. The zero-order valence-corrected chi connectivity index (χ0v) is 10.9. The molecule has 1 saturated carbocycles. The van der Waals surface area contributed by atoms with Crippen LogP contribution in [0.15, 0.2) is 12.4 Å². The molecule has 1 aromatic rings. The lowest BCUT2D eigenvalue weighted by Crippen LogP contribution is -2.29. The summed E-state index contributed by atoms with van der Waals surface area (Å²) in [5.41, 5.74) is -0.626. The van der Waals surface area contributed by atoms with Crippen LogP contribution in [0.4, 0.5) is 11.6 Å². The molecule has 1 aliphatic carbocycles. The van der Waals surface area contributed by atoms with Crippen LogP contribution in [0.5, 0.6) is 0 Å². The fraction of sp³-hybridized carbons (Fsp3) is 0.615. The van der Waals surface area contributed by atoms with Crippen LogP contribution < -0.4 is 10.6 Å². The Bertz CT molecular complexity index is 443. The largest absolute Gasteiger partial charge is 0.367 e. The predicted molar refractivity (Wildman–Crippen MR) is 71.2 cm³/mol. The Kier molecular flexibility index (Phi) is 3.66. The number of nitrogens with zero attached hydrogens (tertiary/aromatic N) is 3. The number of hydrogen-bond acceptors (Lipinski definition) is 5. The Morgan fingerprint density at radius 3 is 2.61 bits per heavy atom. The van der Waals surface area contributed by atoms with Crippen LogP contribution >= 0.6 is 0 Å². The number of hydrogen-bond donors (Lipinski definition) is 2. The molecule has 0 bridgehead atoms. The number of rotatable bonds is 4. The lowest BCUT2D eigenvalue weighted by atomic mass is 10.1. The van der Waals surface area contributed by atoms with Crippen molar-refractivity contribution in [2.24, 2.45) is 0 Å². The summed E-state index contributed by atoms with van der Waals surface area (Å²) in [5.74, 6) is 1.50. The van der Waals surface area contributed by atoms with E-state index in [1.165, 1.54) is 32.0 Å². The molecule has 1 aromatic heterocycles. The minimum atomic E-state index is -0.626. The van der Waals surface area contributed by atoms with E-state index in [0.717, 1.165) is 5.82 Å². The molecule has 0 aromatic carbocycles. The number of nitriles is 1. The first kappa shape index (κ1) is 12.6. The molecule has 0 saturated heterocycles. The quantitative estimate of drug-likeness (QED) is 0.852. The highest BCUT2D eigenvalue weighted by Crippen LogP contribution is 2.22. The Labute approximate surface area is 108 Å². The van der Waals surface area contributed by atoms with Gasteiger partial charge < -0.3 is 10.6 Å². The van der Waals surface area contributed by atoms with Crippen molar-refractivity contribution in [2.75, 3.05) is 10.6 Å². The van der Waals surface area contributed by atoms with Crippen molar-refractivity contribution in [2.45, 2.75) is 51.1 Å². The van der Waals surface area contributed by atoms with Gasteiger partial charge in [-0.05, 0) is 26.7 Å². The molecule has 18 heavy (non-hydrogen) atoms. The lowest BCUT2D eigenvalue weighted by Gasteiger charge is -2.19. The van der Waals surface area contributed by atoms with Gasteiger partial charge in [0.05, 0.1) is 6.07 Å². The standard InChI is InChI=1S/C13H19N5/c1-13(2,8-14)18-12-7-11(15-9-16-12)17-10-5-3-4-6-10/h7,9-10H,3-6H2,1-2H3,(H2,15,16,17,18). The van der Waals surface area contributed by atoms with E-state index in [0.29, 0.717) is 11.9 Å². The van der Waals surface area contributed by atoms with Crippen molar-refractivity contribution < 1.29 is 0 Å². The highest BCUT2D eigenvalue weighted by Gasteiger charge is 2.18. The molecule has 0 amide bonds. The van der Waals surface area contributed by atoms with Gasteiger partial charge in [0.2, 0.25) is 0 Å². The topological polar surface area (TPSA) is 73.6 Å². The molecule has 1 fully saturated rings. The Morgan fingerprint density at radius 2 is 1.94 bits per heavy atom. The summed E-state index contributed by atoms with van der Waals surface area (Å²) < 4.78 is 0. The number of anilines is 2. The van der Waals surface area contributed by atoms with Gasteiger partial charge in [-0.1, -0.05) is 12.8 Å². The number of nitrogens with one attached hydrogen (secondary N) is 2. The second-order valence-corrected chi connectivity index (χ2v) is 5.28. The Hall–Kier alpha value is -1.83. The van der Waals surface area contributed by atoms with Crippen molar-refractivity contribution in [1.29, 1.82) is 5.26 Å². The molecule has 0 aliphatic heterocycles. The van der Waals surface area contributed by atoms with Crippen molar-refractivity contribution in [3.63, 3.8) is 0 Å². The van der Waals surface area contributed by atoms with E-state index < -0.39 is 5.54 Å². The first-order chi connectivity index (χ1) is 8.59. The van der Waals surface area contributed by atoms with Crippen LogP contribution in [0, 0.1) is 11.3 Å². The fourth-order valence-corrected chi connectivity index (χ4v) is 2.13. The molecule has 1 aliphatic rings. The summed E-state index contributed by atoms with van der Waals surface area (Å²) in [6.07, 6.45) is 6.50. The maximum atomic E-state index is 8.98. The molecule has 0 radical (unpaired) electrons. The Balaban J connectivity index is 2.03. The third kappa shape index (κ3) is 3.33. The van der Waals surface area contributed by atoms with Gasteiger partial charge in [-0.2, -0.15) is 5.26 Å². The molecule has 96 valence electrons. The van der Waals surface area contributed by atoms with Crippen LogP contribution in [0.25, 0.3) is 0 Å². The second kappa shape index (κ2) is 5.21. The van der Waals surface area contributed by atoms with Crippen LogP contribution in [0.2, 0.25) is 0 Å². The molecule has 2 N–H and O–H groups in total. The van der Waals surface area contributed by atoms with Gasteiger partial charge in [0.15, 0.2) is 0 Å². The summed E-state index contributed by atoms with van der Waals surface area (Å²) in [7, 11) is 0.